The van der Waals surface area contributed by atoms with E-state index in [0.717, 1.165) is 71.3 Å². The van der Waals surface area contributed by atoms with Gasteiger partial charge in [-0.3, -0.25) is 9.69 Å². The summed E-state index contributed by atoms with van der Waals surface area (Å²) in [5.41, 5.74) is 3.26. The summed E-state index contributed by atoms with van der Waals surface area (Å²) >= 11 is 1.52. The van der Waals surface area contributed by atoms with Crippen molar-refractivity contribution in [2.45, 2.75) is 27.2 Å². The van der Waals surface area contributed by atoms with E-state index in [9.17, 15) is 4.79 Å². The van der Waals surface area contributed by atoms with Gasteiger partial charge in [-0.1, -0.05) is 6.92 Å². The van der Waals surface area contributed by atoms with E-state index in [1.165, 1.54) is 11.3 Å². The number of hydrogen-bond donors (Lipinski definition) is 0. The Balaban J connectivity index is 1.74. The summed E-state index contributed by atoms with van der Waals surface area (Å²) in [6, 6.07) is 8.23. The number of hydrogen-bond acceptors (Lipinski definition) is 4. The number of nitrogens with zero attached hydrogens (tertiary/aromatic N) is 4. The number of carbonyl (C=O) groups excluding carboxylic acids is 1. The van der Waals surface area contributed by atoms with Crippen LogP contribution in [0.25, 0.3) is 15.9 Å². The maximum atomic E-state index is 13.4. The van der Waals surface area contributed by atoms with Crippen LogP contribution in [0.4, 0.5) is 0 Å². The van der Waals surface area contributed by atoms with Crippen molar-refractivity contribution < 1.29 is 4.79 Å². The topological polar surface area (TPSA) is 41.4 Å². The van der Waals surface area contributed by atoms with Crippen LogP contribution in [0.3, 0.4) is 0 Å². The maximum absolute atomic E-state index is 13.4. The van der Waals surface area contributed by atoms with Crippen molar-refractivity contribution in [3.05, 3.63) is 46.7 Å². The molecule has 4 heterocycles. The van der Waals surface area contributed by atoms with Crippen LogP contribution in [0.15, 0.2) is 30.5 Å². The number of aromatic nitrogens is 2. The lowest BCUT2D eigenvalue weighted by Gasteiger charge is -2.34. The zero-order valence-electron chi connectivity index (χ0n) is 16.2. The molecule has 0 aliphatic carbocycles. The first-order valence-corrected chi connectivity index (χ1v) is 10.5. The molecule has 0 saturated carbocycles. The fourth-order valence-corrected chi connectivity index (χ4v) is 5.04. The van der Waals surface area contributed by atoms with Crippen LogP contribution in [0.2, 0.25) is 0 Å². The normalized spacial score (nSPS) is 15.6. The summed E-state index contributed by atoms with van der Waals surface area (Å²) in [5.74, 6) is 0.136. The van der Waals surface area contributed by atoms with Crippen molar-refractivity contribution in [1.29, 1.82) is 0 Å². The number of fused-ring (bicyclic) bond motifs is 1. The zero-order chi connectivity index (χ0) is 19.0. The van der Waals surface area contributed by atoms with Gasteiger partial charge < -0.3 is 9.47 Å². The SMILES string of the molecule is CCCN1CCN(C(=O)c2sc3ncccc3c2-n2c(C)ccc2C)CC1. The molecule has 0 aromatic carbocycles. The quantitative estimate of drug-likeness (QED) is 0.688. The minimum absolute atomic E-state index is 0.136. The minimum Gasteiger partial charge on any atom is -0.335 e. The molecule has 1 aliphatic rings. The third-order valence-corrected chi connectivity index (χ3v) is 6.42. The van der Waals surface area contributed by atoms with Gasteiger partial charge in [0.15, 0.2) is 0 Å². The van der Waals surface area contributed by atoms with Gasteiger partial charge in [0, 0.05) is 49.1 Å². The third-order valence-electron chi connectivity index (χ3n) is 5.33. The Morgan fingerprint density at radius 2 is 1.81 bits per heavy atom. The Kier molecular flexibility index (Phi) is 5.02. The van der Waals surface area contributed by atoms with Gasteiger partial charge in [-0.25, -0.2) is 4.98 Å². The summed E-state index contributed by atoms with van der Waals surface area (Å²) in [6.45, 7) is 11.0. The molecule has 0 atom stereocenters. The summed E-state index contributed by atoms with van der Waals surface area (Å²) in [5, 5.41) is 1.05. The number of thiophene rings is 1. The Morgan fingerprint density at radius 1 is 1.11 bits per heavy atom. The largest absolute Gasteiger partial charge is 0.335 e. The highest BCUT2D eigenvalue weighted by atomic mass is 32.1. The number of amides is 1. The van der Waals surface area contributed by atoms with Gasteiger partial charge >= 0.3 is 0 Å². The van der Waals surface area contributed by atoms with Gasteiger partial charge in [0.1, 0.15) is 9.71 Å². The van der Waals surface area contributed by atoms with E-state index in [2.05, 4.69) is 53.4 Å². The first-order valence-electron chi connectivity index (χ1n) is 9.64. The van der Waals surface area contributed by atoms with E-state index in [0.29, 0.717) is 0 Å². The van der Waals surface area contributed by atoms with Crippen LogP contribution in [-0.2, 0) is 0 Å². The van der Waals surface area contributed by atoms with E-state index >= 15 is 0 Å². The van der Waals surface area contributed by atoms with Gasteiger partial charge in [-0.05, 0) is 51.1 Å². The van der Waals surface area contributed by atoms with E-state index in [1.54, 1.807) is 6.20 Å². The molecule has 5 nitrogen and oxygen atoms in total. The van der Waals surface area contributed by atoms with Crippen molar-refractivity contribution in [2.75, 3.05) is 32.7 Å². The summed E-state index contributed by atoms with van der Waals surface area (Å²) in [4.78, 5) is 24.1. The van der Waals surface area contributed by atoms with Gasteiger partial charge in [0.05, 0.1) is 5.69 Å². The van der Waals surface area contributed by atoms with Crippen LogP contribution in [0.1, 0.15) is 34.4 Å². The summed E-state index contributed by atoms with van der Waals surface area (Å²) in [6.07, 6.45) is 2.96. The molecule has 3 aromatic rings. The molecule has 3 aromatic heterocycles. The molecule has 1 amide bonds. The second kappa shape index (κ2) is 7.44. The third kappa shape index (κ3) is 3.28. The standard InChI is InChI=1S/C21H26N4OS/c1-4-10-23-11-13-24(14-12-23)21(26)19-18(25-15(2)7-8-16(25)3)17-6-5-9-22-20(17)27-19/h5-9H,4,10-14H2,1-3H3. The highest BCUT2D eigenvalue weighted by Crippen LogP contribution is 2.35. The van der Waals surface area contributed by atoms with Crippen molar-refractivity contribution in [3.63, 3.8) is 0 Å². The molecule has 27 heavy (non-hydrogen) atoms. The predicted molar refractivity (Wildman–Crippen MR) is 111 cm³/mol. The fraction of sp³-hybridized carbons (Fsp3) is 0.429. The van der Waals surface area contributed by atoms with Gasteiger partial charge in [-0.15, -0.1) is 11.3 Å². The predicted octanol–water partition coefficient (Wildman–Crippen LogP) is 3.87. The first kappa shape index (κ1) is 18.2. The van der Waals surface area contributed by atoms with Crippen LogP contribution < -0.4 is 0 Å². The molecule has 1 fully saturated rings. The van der Waals surface area contributed by atoms with Gasteiger partial charge in [0.2, 0.25) is 0 Å². The minimum atomic E-state index is 0.136. The molecular formula is C21H26N4OS. The van der Waals surface area contributed by atoms with E-state index in [1.807, 2.05) is 11.0 Å². The number of piperazine rings is 1. The molecule has 0 radical (unpaired) electrons. The fourth-order valence-electron chi connectivity index (χ4n) is 3.94. The van der Waals surface area contributed by atoms with E-state index in [4.69, 9.17) is 0 Å². The molecule has 4 rings (SSSR count). The Bertz CT molecular complexity index is 946. The Hall–Kier alpha value is -2.18. The Morgan fingerprint density at radius 3 is 2.48 bits per heavy atom. The zero-order valence-corrected chi connectivity index (χ0v) is 17.1. The summed E-state index contributed by atoms with van der Waals surface area (Å²) in [7, 11) is 0. The lowest BCUT2D eigenvalue weighted by Crippen LogP contribution is -2.48. The highest BCUT2D eigenvalue weighted by Gasteiger charge is 2.28. The molecule has 6 heteroatoms. The van der Waals surface area contributed by atoms with Crippen molar-refractivity contribution >= 4 is 27.5 Å². The molecule has 142 valence electrons. The lowest BCUT2D eigenvalue weighted by atomic mass is 10.2. The van der Waals surface area contributed by atoms with Crippen molar-refractivity contribution in [1.82, 2.24) is 19.4 Å². The summed E-state index contributed by atoms with van der Waals surface area (Å²) < 4.78 is 2.20. The second-order valence-corrected chi connectivity index (χ2v) is 8.22. The number of pyridine rings is 1. The number of aryl methyl sites for hydroxylation is 2. The highest BCUT2D eigenvalue weighted by molar-refractivity contribution is 7.21. The smallest absolute Gasteiger partial charge is 0.266 e. The lowest BCUT2D eigenvalue weighted by molar-refractivity contribution is 0.0642. The molecule has 1 aliphatic heterocycles. The van der Waals surface area contributed by atoms with Crippen LogP contribution >= 0.6 is 11.3 Å². The van der Waals surface area contributed by atoms with Crippen LogP contribution in [0.5, 0.6) is 0 Å². The Labute approximate surface area is 164 Å². The van der Waals surface area contributed by atoms with Crippen LogP contribution in [-0.4, -0.2) is 58.0 Å². The number of rotatable bonds is 4. The van der Waals surface area contributed by atoms with Crippen molar-refractivity contribution in [3.8, 4) is 5.69 Å². The molecule has 1 saturated heterocycles. The van der Waals surface area contributed by atoms with Gasteiger partial charge in [0.25, 0.3) is 5.91 Å². The maximum Gasteiger partial charge on any atom is 0.266 e. The molecule has 0 bridgehead atoms. The molecular weight excluding hydrogens is 356 g/mol. The van der Waals surface area contributed by atoms with Crippen molar-refractivity contribution in [2.24, 2.45) is 0 Å². The van der Waals surface area contributed by atoms with E-state index in [-0.39, 0.29) is 5.91 Å². The average Bonchev–Trinajstić information content (AvgIpc) is 3.21. The van der Waals surface area contributed by atoms with E-state index < -0.39 is 0 Å². The molecule has 0 spiro atoms. The molecule has 0 unspecified atom stereocenters. The first-order chi connectivity index (χ1) is 13.1. The monoisotopic (exact) mass is 382 g/mol. The second-order valence-electron chi connectivity index (χ2n) is 7.22. The van der Waals surface area contributed by atoms with Gasteiger partial charge in [-0.2, -0.15) is 0 Å². The number of carbonyl (C=O) groups is 1. The average molecular weight is 383 g/mol. The molecule has 0 N–H and O–H groups in total. The van der Waals surface area contributed by atoms with Crippen LogP contribution in [0, 0.1) is 13.8 Å².